The van der Waals surface area contributed by atoms with Gasteiger partial charge in [0, 0.05) is 24.2 Å². The molecule has 30 heavy (non-hydrogen) atoms. The van der Waals surface area contributed by atoms with Gasteiger partial charge in [-0.1, -0.05) is 67.1 Å². The molecule has 0 spiro atoms. The average Bonchev–Trinajstić information content (AvgIpc) is 2.94. The Morgan fingerprint density at radius 3 is 1.67 bits per heavy atom. The topological polar surface area (TPSA) is 44.4 Å². The number of nitrogens with one attached hydrogen (secondary N) is 2. The van der Waals surface area contributed by atoms with E-state index in [9.17, 15) is 4.57 Å². The van der Waals surface area contributed by atoms with E-state index in [1.807, 2.05) is 0 Å². The normalized spacial score (nSPS) is 18.1. The van der Waals surface area contributed by atoms with Crippen LogP contribution in [0.3, 0.4) is 0 Å². The molecule has 6 rings (SSSR count). The van der Waals surface area contributed by atoms with Crippen LogP contribution >= 0.6 is 7.59 Å². The molecule has 2 aliphatic heterocycles. The van der Waals surface area contributed by atoms with Gasteiger partial charge in [0.05, 0.1) is 11.4 Å². The molecular weight excluding hydrogens is 389 g/mol. The number of nitrogens with zero attached hydrogens (tertiary/aromatic N) is 1. The van der Waals surface area contributed by atoms with Gasteiger partial charge in [-0.3, -0.25) is 4.57 Å². The van der Waals surface area contributed by atoms with E-state index in [2.05, 4.69) is 87.6 Å². The van der Waals surface area contributed by atoms with E-state index in [1.54, 1.807) is 0 Å². The minimum Gasteiger partial charge on any atom is -0.308 e. The number of fused-ring (bicyclic) bond motifs is 7. The molecule has 0 radical (unpaired) electrons. The number of hydrogen-bond donors (Lipinski definition) is 2. The zero-order valence-electron chi connectivity index (χ0n) is 16.8. The fourth-order valence-corrected chi connectivity index (χ4v) is 7.13. The highest BCUT2D eigenvalue weighted by atomic mass is 31.2. The van der Waals surface area contributed by atoms with Crippen molar-refractivity contribution in [2.75, 3.05) is 23.3 Å². The fraction of sp³-hybridized carbons (Fsp3) is 0.200. The van der Waals surface area contributed by atoms with Gasteiger partial charge in [-0.25, -0.2) is 4.67 Å². The number of anilines is 2. The molecule has 4 aromatic rings. The van der Waals surface area contributed by atoms with Crippen LogP contribution in [0, 0.1) is 0 Å². The SMILES string of the molecule is O=P1(N2CCCCC2)Nc2ccc3ccccc3c2-c2c(ccc3ccccc23)N1. The molecule has 2 aliphatic rings. The lowest BCUT2D eigenvalue weighted by atomic mass is 9.91. The second-order valence-electron chi connectivity index (χ2n) is 8.23. The maximum atomic E-state index is 14.3. The molecular formula is C25H24N3OP. The van der Waals surface area contributed by atoms with Crippen molar-refractivity contribution in [1.82, 2.24) is 4.67 Å². The molecule has 0 amide bonds. The van der Waals surface area contributed by atoms with Crippen molar-refractivity contribution in [3.63, 3.8) is 0 Å². The quantitative estimate of drug-likeness (QED) is 0.327. The Bertz CT molecular complexity index is 1240. The van der Waals surface area contributed by atoms with E-state index in [0.717, 1.165) is 48.4 Å². The molecule has 150 valence electrons. The van der Waals surface area contributed by atoms with E-state index >= 15 is 0 Å². The molecule has 1 saturated heterocycles. The van der Waals surface area contributed by atoms with Gasteiger partial charge < -0.3 is 10.2 Å². The third kappa shape index (κ3) is 2.75. The molecule has 0 unspecified atom stereocenters. The number of piperidine rings is 1. The van der Waals surface area contributed by atoms with Crippen molar-refractivity contribution >= 4 is 40.5 Å². The molecule has 2 N–H and O–H groups in total. The molecule has 0 aliphatic carbocycles. The molecule has 1 fully saturated rings. The third-order valence-electron chi connectivity index (χ3n) is 6.38. The number of rotatable bonds is 1. The molecule has 0 saturated carbocycles. The maximum Gasteiger partial charge on any atom is 0.330 e. The summed E-state index contributed by atoms with van der Waals surface area (Å²) in [7, 11) is -3.02. The van der Waals surface area contributed by atoms with Gasteiger partial charge in [0.15, 0.2) is 0 Å². The van der Waals surface area contributed by atoms with Crippen molar-refractivity contribution in [2.24, 2.45) is 0 Å². The first-order valence-electron chi connectivity index (χ1n) is 10.7. The monoisotopic (exact) mass is 413 g/mol. The van der Waals surface area contributed by atoms with Gasteiger partial charge in [0.1, 0.15) is 0 Å². The highest BCUT2D eigenvalue weighted by Crippen LogP contribution is 2.58. The smallest absolute Gasteiger partial charge is 0.308 e. The van der Waals surface area contributed by atoms with Crippen molar-refractivity contribution in [3.05, 3.63) is 72.8 Å². The first kappa shape index (κ1) is 18.0. The predicted octanol–water partition coefficient (Wildman–Crippen LogP) is 7.09. The zero-order chi connectivity index (χ0) is 20.1. The fourth-order valence-electron chi connectivity index (χ4n) is 4.92. The lowest BCUT2D eigenvalue weighted by Gasteiger charge is -2.34. The van der Waals surface area contributed by atoms with Gasteiger partial charge in [0.25, 0.3) is 0 Å². The van der Waals surface area contributed by atoms with Crippen molar-refractivity contribution < 1.29 is 4.57 Å². The number of benzene rings is 4. The van der Waals surface area contributed by atoms with Crippen LogP contribution in [-0.4, -0.2) is 17.8 Å². The van der Waals surface area contributed by atoms with E-state index in [0.29, 0.717) is 0 Å². The Balaban J connectivity index is 1.69. The molecule has 0 atom stereocenters. The Kier molecular flexibility index (Phi) is 4.12. The second-order valence-corrected chi connectivity index (χ2v) is 10.4. The van der Waals surface area contributed by atoms with Crippen LogP contribution < -0.4 is 10.2 Å². The van der Waals surface area contributed by atoms with Crippen molar-refractivity contribution in [1.29, 1.82) is 0 Å². The summed E-state index contributed by atoms with van der Waals surface area (Å²) in [5.74, 6) is 0. The van der Waals surface area contributed by atoms with Crippen LogP contribution in [0.25, 0.3) is 32.7 Å². The van der Waals surface area contributed by atoms with Gasteiger partial charge in [-0.05, 0) is 46.5 Å². The van der Waals surface area contributed by atoms with E-state index in [-0.39, 0.29) is 0 Å². The minimum atomic E-state index is -3.02. The summed E-state index contributed by atoms with van der Waals surface area (Å²) in [6.07, 6.45) is 3.38. The summed E-state index contributed by atoms with van der Waals surface area (Å²) in [5, 5.41) is 11.7. The van der Waals surface area contributed by atoms with Crippen molar-refractivity contribution in [2.45, 2.75) is 19.3 Å². The first-order valence-corrected chi connectivity index (χ1v) is 12.3. The summed E-state index contributed by atoms with van der Waals surface area (Å²) in [6, 6.07) is 25.3. The molecule has 0 bridgehead atoms. The lowest BCUT2D eigenvalue weighted by molar-refractivity contribution is 0.348. The van der Waals surface area contributed by atoms with Gasteiger partial charge in [-0.15, -0.1) is 0 Å². The van der Waals surface area contributed by atoms with Crippen LogP contribution in [-0.2, 0) is 4.57 Å². The molecule has 4 nitrogen and oxygen atoms in total. The lowest BCUT2D eigenvalue weighted by Crippen LogP contribution is -2.32. The summed E-state index contributed by atoms with van der Waals surface area (Å²) in [5.41, 5.74) is 4.12. The Morgan fingerprint density at radius 2 is 1.13 bits per heavy atom. The Labute approximate surface area is 176 Å². The largest absolute Gasteiger partial charge is 0.330 e. The highest BCUT2D eigenvalue weighted by Gasteiger charge is 2.36. The Morgan fingerprint density at radius 1 is 0.633 bits per heavy atom. The van der Waals surface area contributed by atoms with Crippen LogP contribution in [0.5, 0.6) is 0 Å². The van der Waals surface area contributed by atoms with E-state index < -0.39 is 7.59 Å². The maximum absolute atomic E-state index is 14.3. The van der Waals surface area contributed by atoms with Gasteiger partial charge in [0.2, 0.25) is 0 Å². The second kappa shape index (κ2) is 6.87. The number of hydrogen-bond acceptors (Lipinski definition) is 1. The zero-order valence-corrected chi connectivity index (χ0v) is 17.7. The van der Waals surface area contributed by atoms with Crippen LogP contribution in [0.4, 0.5) is 11.4 Å². The summed E-state index contributed by atoms with van der Waals surface area (Å²) >= 11 is 0. The van der Waals surface area contributed by atoms with E-state index in [4.69, 9.17) is 0 Å². The van der Waals surface area contributed by atoms with Crippen LogP contribution in [0.1, 0.15) is 19.3 Å². The summed E-state index contributed by atoms with van der Waals surface area (Å²) < 4.78 is 16.4. The van der Waals surface area contributed by atoms with E-state index in [1.165, 1.54) is 28.0 Å². The van der Waals surface area contributed by atoms with Crippen molar-refractivity contribution in [3.8, 4) is 11.1 Å². The highest BCUT2D eigenvalue weighted by molar-refractivity contribution is 7.64. The summed E-state index contributed by atoms with van der Waals surface area (Å²) in [6.45, 7) is 1.70. The van der Waals surface area contributed by atoms with Crippen LogP contribution in [0.15, 0.2) is 72.8 Å². The summed E-state index contributed by atoms with van der Waals surface area (Å²) in [4.78, 5) is 0. The molecule has 2 heterocycles. The Hall–Kier alpha value is -2.81. The van der Waals surface area contributed by atoms with Gasteiger partial charge in [-0.2, -0.15) is 0 Å². The minimum absolute atomic E-state index is 0.850. The first-order chi connectivity index (χ1) is 14.7. The standard InChI is InChI=1S/C25H24N3OP/c29-30(28-16-6-1-7-17-28)26-22-14-12-18-8-2-4-10-20(18)24(22)25-21-11-5-3-9-19(21)13-15-23(25)27-30/h2-5,8-15H,1,6-7,16-17H2,(H2,26,27,29). The molecule has 5 heteroatoms. The molecule has 0 aromatic heterocycles. The average molecular weight is 413 g/mol. The molecule has 4 aromatic carbocycles. The third-order valence-corrected chi connectivity index (χ3v) is 8.67. The predicted molar refractivity (Wildman–Crippen MR) is 127 cm³/mol. The van der Waals surface area contributed by atoms with Gasteiger partial charge >= 0.3 is 7.59 Å². The van der Waals surface area contributed by atoms with Crippen LogP contribution in [0.2, 0.25) is 0 Å².